The Morgan fingerprint density at radius 3 is 2.39 bits per heavy atom. The fourth-order valence-corrected chi connectivity index (χ4v) is 4.05. The van der Waals surface area contributed by atoms with Crippen molar-refractivity contribution in [2.75, 3.05) is 0 Å². The predicted octanol–water partition coefficient (Wildman–Crippen LogP) is 4.01. The van der Waals surface area contributed by atoms with Crippen LogP contribution in [0.5, 0.6) is 0 Å². The number of carbonyl (C=O) groups excluding carboxylic acids is 2. The summed E-state index contributed by atoms with van der Waals surface area (Å²) in [5, 5.41) is 11.2. The molecule has 5 rings (SSSR count). The number of hydrogen-bond donors (Lipinski definition) is 1. The molecule has 0 spiro atoms. The van der Waals surface area contributed by atoms with Crippen molar-refractivity contribution >= 4 is 22.8 Å². The van der Waals surface area contributed by atoms with Gasteiger partial charge in [0.15, 0.2) is 0 Å². The third-order valence-corrected chi connectivity index (χ3v) is 5.90. The smallest absolute Gasteiger partial charge is 0.247 e. The minimum absolute atomic E-state index is 0.0882. The van der Waals surface area contributed by atoms with Crippen LogP contribution in [0, 0.1) is 6.92 Å². The summed E-state index contributed by atoms with van der Waals surface area (Å²) >= 11 is 0. The van der Waals surface area contributed by atoms with Gasteiger partial charge in [0.1, 0.15) is 29.6 Å². The fraction of sp³-hybridized carbons (Fsp3) is 0.185. The first-order valence-corrected chi connectivity index (χ1v) is 11.6. The molecule has 0 aliphatic heterocycles. The van der Waals surface area contributed by atoms with Crippen LogP contribution in [-0.4, -0.2) is 31.7 Å². The molecule has 2 amide bonds. The van der Waals surface area contributed by atoms with Crippen molar-refractivity contribution in [3.8, 4) is 0 Å². The summed E-state index contributed by atoms with van der Waals surface area (Å²) in [6, 6.07) is 21.1. The Morgan fingerprint density at radius 1 is 0.944 bits per heavy atom. The Bertz CT molecular complexity index is 1440. The van der Waals surface area contributed by atoms with Gasteiger partial charge in [-0.05, 0) is 48.9 Å². The monoisotopic (exact) mass is 483 g/mol. The summed E-state index contributed by atoms with van der Waals surface area (Å²) in [6.07, 6.45) is 3.09. The first kappa shape index (κ1) is 23.1. The molecular weight excluding hydrogens is 458 g/mol. The maximum atomic E-state index is 13.8. The molecule has 3 aromatic heterocycles. The van der Waals surface area contributed by atoms with E-state index in [-0.39, 0.29) is 31.4 Å². The minimum Gasteiger partial charge on any atom is -0.467 e. The van der Waals surface area contributed by atoms with Crippen LogP contribution in [0.25, 0.3) is 11.0 Å². The molecule has 0 fully saturated rings. The molecule has 0 saturated carbocycles. The molecule has 2 aromatic carbocycles. The van der Waals surface area contributed by atoms with E-state index in [0.717, 1.165) is 11.1 Å². The number of aromatic nitrogens is 3. The van der Waals surface area contributed by atoms with Crippen molar-refractivity contribution < 1.29 is 18.4 Å². The summed E-state index contributed by atoms with van der Waals surface area (Å²) in [4.78, 5) is 28.9. The van der Waals surface area contributed by atoms with Gasteiger partial charge in [0, 0.05) is 0 Å². The van der Waals surface area contributed by atoms with Crippen molar-refractivity contribution in [1.82, 2.24) is 25.2 Å². The van der Waals surface area contributed by atoms with Gasteiger partial charge in [0.2, 0.25) is 11.8 Å². The highest BCUT2D eigenvalue weighted by Crippen LogP contribution is 2.25. The second-order valence-corrected chi connectivity index (χ2v) is 8.45. The molecule has 3 heterocycles. The second-order valence-electron chi connectivity index (χ2n) is 8.45. The molecule has 0 aliphatic rings. The fourth-order valence-electron chi connectivity index (χ4n) is 4.05. The van der Waals surface area contributed by atoms with Gasteiger partial charge in [-0.1, -0.05) is 47.2 Å². The SMILES string of the molecule is Cc1ccc([C@H](C(=O)NCc2ccco2)N(Cc2ccco2)C(=O)Cn2nnc3ccccc32)cc1. The number of carbonyl (C=O) groups is 2. The maximum Gasteiger partial charge on any atom is 0.247 e. The average molecular weight is 484 g/mol. The quantitative estimate of drug-likeness (QED) is 0.340. The number of fused-ring (bicyclic) bond motifs is 1. The zero-order valence-electron chi connectivity index (χ0n) is 19.7. The van der Waals surface area contributed by atoms with Crippen molar-refractivity contribution in [3.05, 3.63) is 108 Å². The number of amides is 2. The van der Waals surface area contributed by atoms with Crippen LogP contribution in [-0.2, 0) is 29.2 Å². The highest BCUT2D eigenvalue weighted by atomic mass is 16.3. The molecule has 36 heavy (non-hydrogen) atoms. The van der Waals surface area contributed by atoms with Crippen molar-refractivity contribution in [2.45, 2.75) is 32.6 Å². The largest absolute Gasteiger partial charge is 0.467 e. The standard InChI is InChI=1S/C27H25N5O4/c1-19-10-12-20(13-11-19)26(27(34)28-16-21-6-4-14-35-21)31(17-22-7-5-15-36-22)25(33)18-32-24-9-3-2-8-23(24)29-30-32/h2-15,26H,16-18H2,1H3,(H,28,34)/t26-/m1/s1. The van der Waals surface area contributed by atoms with Crippen LogP contribution in [0.4, 0.5) is 0 Å². The number of rotatable bonds is 9. The van der Waals surface area contributed by atoms with Crippen molar-refractivity contribution in [3.63, 3.8) is 0 Å². The summed E-state index contributed by atoms with van der Waals surface area (Å²) in [6.45, 7) is 2.18. The Kier molecular flexibility index (Phi) is 6.61. The molecule has 0 unspecified atom stereocenters. The van der Waals surface area contributed by atoms with E-state index < -0.39 is 6.04 Å². The first-order chi connectivity index (χ1) is 17.6. The highest BCUT2D eigenvalue weighted by Gasteiger charge is 2.32. The molecule has 9 heteroatoms. The average Bonchev–Trinajstić information content (AvgIpc) is 3.67. The van der Waals surface area contributed by atoms with E-state index in [1.54, 1.807) is 41.5 Å². The molecule has 1 N–H and O–H groups in total. The van der Waals surface area contributed by atoms with E-state index in [0.29, 0.717) is 22.6 Å². The van der Waals surface area contributed by atoms with Gasteiger partial charge >= 0.3 is 0 Å². The normalized spacial score (nSPS) is 11.9. The van der Waals surface area contributed by atoms with Gasteiger partial charge < -0.3 is 19.1 Å². The Morgan fingerprint density at radius 2 is 1.67 bits per heavy atom. The van der Waals surface area contributed by atoms with E-state index in [9.17, 15) is 9.59 Å². The zero-order valence-corrected chi connectivity index (χ0v) is 19.7. The third-order valence-electron chi connectivity index (χ3n) is 5.90. The number of para-hydroxylation sites is 1. The molecule has 0 bridgehead atoms. The summed E-state index contributed by atoms with van der Waals surface area (Å²) in [5.74, 6) is 0.533. The van der Waals surface area contributed by atoms with Crippen LogP contribution in [0.1, 0.15) is 28.7 Å². The van der Waals surface area contributed by atoms with Crippen LogP contribution in [0.15, 0.2) is 94.2 Å². The van der Waals surface area contributed by atoms with E-state index in [1.165, 1.54) is 4.90 Å². The molecule has 0 radical (unpaired) electrons. The molecule has 182 valence electrons. The number of hydrogen-bond acceptors (Lipinski definition) is 6. The van der Waals surface area contributed by atoms with Gasteiger partial charge in [0.25, 0.3) is 0 Å². The topological polar surface area (TPSA) is 106 Å². The zero-order chi connectivity index (χ0) is 24.9. The molecule has 5 aromatic rings. The van der Waals surface area contributed by atoms with E-state index in [2.05, 4.69) is 15.6 Å². The Labute approximate surface area is 207 Å². The lowest BCUT2D eigenvalue weighted by molar-refractivity contribution is -0.142. The number of aryl methyl sites for hydroxylation is 1. The van der Waals surface area contributed by atoms with E-state index in [1.807, 2.05) is 55.5 Å². The predicted molar refractivity (Wildman–Crippen MR) is 131 cm³/mol. The van der Waals surface area contributed by atoms with Gasteiger partial charge in [-0.3, -0.25) is 9.59 Å². The lowest BCUT2D eigenvalue weighted by Gasteiger charge is -2.31. The maximum absolute atomic E-state index is 13.8. The van der Waals surface area contributed by atoms with Crippen LogP contribution < -0.4 is 5.32 Å². The van der Waals surface area contributed by atoms with E-state index in [4.69, 9.17) is 8.83 Å². The molecular formula is C27H25N5O4. The Balaban J connectivity index is 1.49. The molecule has 1 atom stereocenters. The van der Waals surface area contributed by atoms with Crippen LogP contribution in [0.3, 0.4) is 0 Å². The second kappa shape index (κ2) is 10.3. The summed E-state index contributed by atoms with van der Waals surface area (Å²) < 4.78 is 12.4. The van der Waals surface area contributed by atoms with Crippen LogP contribution >= 0.6 is 0 Å². The summed E-state index contributed by atoms with van der Waals surface area (Å²) in [7, 11) is 0. The van der Waals surface area contributed by atoms with Gasteiger partial charge in [0.05, 0.1) is 31.1 Å². The Hall–Kier alpha value is -4.66. The lowest BCUT2D eigenvalue weighted by Crippen LogP contribution is -2.44. The van der Waals surface area contributed by atoms with Crippen molar-refractivity contribution in [1.29, 1.82) is 0 Å². The first-order valence-electron chi connectivity index (χ1n) is 11.6. The van der Waals surface area contributed by atoms with Crippen LogP contribution in [0.2, 0.25) is 0 Å². The molecule has 0 saturated heterocycles. The minimum atomic E-state index is -0.909. The summed E-state index contributed by atoms with van der Waals surface area (Å²) in [5.41, 5.74) is 3.15. The van der Waals surface area contributed by atoms with Gasteiger partial charge in [-0.15, -0.1) is 5.10 Å². The molecule has 9 nitrogen and oxygen atoms in total. The lowest BCUT2D eigenvalue weighted by atomic mass is 10.0. The van der Waals surface area contributed by atoms with Crippen molar-refractivity contribution in [2.24, 2.45) is 0 Å². The highest BCUT2D eigenvalue weighted by molar-refractivity contribution is 5.89. The number of benzene rings is 2. The molecule has 0 aliphatic carbocycles. The third kappa shape index (κ3) is 5.05. The van der Waals surface area contributed by atoms with E-state index >= 15 is 0 Å². The number of furan rings is 2. The number of nitrogens with one attached hydrogen (secondary N) is 1. The van der Waals surface area contributed by atoms with Gasteiger partial charge in [-0.2, -0.15) is 0 Å². The van der Waals surface area contributed by atoms with Gasteiger partial charge in [-0.25, -0.2) is 4.68 Å². The number of nitrogens with zero attached hydrogens (tertiary/aromatic N) is 4.